The molecule has 0 spiro atoms. The minimum atomic E-state index is -0.972. The topological polar surface area (TPSA) is 102 Å². The van der Waals surface area contributed by atoms with Gasteiger partial charge in [0.05, 0.1) is 11.8 Å². The molecule has 0 radical (unpaired) electrons. The van der Waals surface area contributed by atoms with Gasteiger partial charge in [-0.05, 0) is 31.2 Å². The molecule has 0 aliphatic heterocycles. The third-order valence-electron chi connectivity index (χ3n) is 4.61. The van der Waals surface area contributed by atoms with Gasteiger partial charge in [-0.15, -0.1) is 0 Å². The Labute approximate surface area is 134 Å². The first-order valence-corrected chi connectivity index (χ1v) is 8.02. The molecule has 0 unspecified atom stereocenters. The predicted octanol–water partition coefficient (Wildman–Crippen LogP) is 3.54. The van der Waals surface area contributed by atoms with Crippen molar-refractivity contribution in [2.45, 2.75) is 44.6 Å². The Morgan fingerprint density at radius 2 is 2.39 bits per heavy atom. The van der Waals surface area contributed by atoms with Gasteiger partial charge in [-0.2, -0.15) is 5.26 Å². The van der Waals surface area contributed by atoms with Crippen LogP contribution in [0.5, 0.6) is 0 Å². The fourth-order valence-corrected chi connectivity index (χ4v) is 3.48. The Morgan fingerprint density at radius 3 is 3.17 bits per heavy atom. The normalized spacial score (nSPS) is 21.0. The molecule has 23 heavy (non-hydrogen) atoms. The van der Waals surface area contributed by atoms with E-state index in [0.29, 0.717) is 23.7 Å². The second kappa shape index (κ2) is 6.69. The molecule has 2 aromatic rings. The highest BCUT2D eigenvalue weighted by Gasteiger charge is 2.24. The van der Waals surface area contributed by atoms with E-state index in [4.69, 9.17) is 5.26 Å². The van der Waals surface area contributed by atoms with E-state index >= 15 is 0 Å². The number of aromatic carboxylic acids is 1. The zero-order valence-corrected chi connectivity index (χ0v) is 12.9. The van der Waals surface area contributed by atoms with E-state index in [-0.39, 0.29) is 11.6 Å². The van der Waals surface area contributed by atoms with Crippen molar-refractivity contribution in [1.82, 2.24) is 9.97 Å². The molecule has 0 saturated heterocycles. The second-order valence-corrected chi connectivity index (χ2v) is 6.16. The summed E-state index contributed by atoms with van der Waals surface area (Å²) in [6.45, 7) is 0. The van der Waals surface area contributed by atoms with Crippen LogP contribution in [0.2, 0.25) is 0 Å². The number of hydrogen-bond acceptors (Lipinski definition) is 4. The molecule has 2 heterocycles. The zero-order valence-electron chi connectivity index (χ0n) is 12.9. The summed E-state index contributed by atoms with van der Waals surface area (Å²) in [6.07, 6.45) is 8.96. The molecule has 1 aliphatic carbocycles. The van der Waals surface area contributed by atoms with Crippen LogP contribution in [-0.4, -0.2) is 27.1 Å². The molecule has 120 valence electrons. The smallest absolute Gasteiger partial charge is 0.339 e. The minimum Gasteiger partial charge on any atom is -0.478 e. The van der Waals surface area contributed by atoms with Gasteiger partial charge in [0.25, 0.3) is 0 Å². The molecule has 2 aromatic heterocycles. The van der Waals surface area contributed by atoms with Gasteiger partial charge in [-0.25, -0.2) is 9.78 Å². The van der Waals surface area contributed by atoms with Gasteiger partial charge >= 0.3 is 5.97 Å². The fraction of sp³-hybridized carbons (Fsp3) is 0.471. The van der Waals surface area contributed by atoms with Crippen LogP contribution in [0.1, 0.15) is 48.9 Å². The lowest BCUT2D eigenvalue weighted by Gasteiger charge is -2.30. The summed E-state index contributed by atoms with van der Waals surface area (Å²) in [7, 11) is 0. The summed E-state index contributed by atoms with van der Waals surface area (Å²) in [6, 6.07) is 4.31. The van der Waals surface area contributed by atoms with Crippen LogP contribution in [0.25, 0.3) is 11.0 Å². The molecule has 3 rings (SSSR count). The van der Waals surface area contributed by atoms with Gasteiger partial charge < -0.3 is 15.4 Å². The van der Waals surface area contributed by atoms with E-state index in [9.17, 15) is 9.90 Å². The number of anilines is 1. The quantitative estimate of drug-likeness (QED) is 0.783. The van der Waals surface area contributed by atoms with Crippen LogP contribution < -0.4 is 5.32 Å². The van der Waals surface area contributed by atoms with Crippen molar-refractivity contribution in [3.8, 4) is 6.07 Å². The summed E-state index contributed by atoms with van der Waals surface area (Å²) in [5.74, 6) is -0.433. The number of pyridine rings is 1. The maximum atomic E-state index is 11.5. The van der Waals surface area contributed by atoms with Gasteiger partial charge in [0.2, 0.25) is 0 Å². The number of H-pyrrole nitrogens is 1. The average molecular weight is 312 g/mol. The molecule has 6 heteroatoms. The van der Waals surface area contributed by atoms with Crippen molar-refractivity contribution >= 4 is 22.7 Å². The maximum Gasteiger partial charge on any atom is 0.339 e. The van der Waals surface area contributed by atoms with Crippen LogP contribution in [0.4, 0.5) is 5.69 Å². The van der Waals surface area contributed by atoms with Gasteiger partial charge in [-0.1, -0.05) is 12.8 Å². The molecule has 0 bridgehead atoms. The molecule has 0 aromatic carbocycles. The molecule has 1 aliphatic rings. The molecular formula is C17H20N4O2. The number of nitrogens with one attached hydrogen (secondary N) is 2. The first-order chi connectivity index (χ1) is 11.2. The Balaban J connectivity index is 1.83. The number of carboxylic acid groups (broad SMARTS) is 1. The van der Waals surface area contributed by atoms with E-state index in [1.165, 1.54) is 6.20 Å². The minimum absolute atomic E-state index is 0.205. The number of aromatic amines is 1. The van der Waals surface area contributed by atoms with Crippen molar-refractivity contribution < 1.29 is 9.90 Å². The molecule has 1 saturated carbocycles. The third kappa shape index (κ3) is 3.29. The lowest BCUT2D eigenvalue weighted by atomic mass is 9.83. The third-order valence-corrected chi connectivity index (χ3v) is 4.61. The van der Waals surface area contributed by atoms with Crippen molar-refractivity contribution in [1.29, 1.82) is 5.26 Å². The number of fused-ring (bicyclic) bond motifs is 1. The molecule has 2 atom stereocenters. The summed E-state index contributed by atoms with van der Waals surface area (Å²) >= 11 is 0. The van der Waals surface area contributed by atoms with Crippen LogP contribution in [0.3, 0.4) is 0 Å². The van der Waals surface area contributed by atoms with E-state index in [1.54, 1.807) is 6.20 Å². The van der Waals surface area contributed by atoms with Gasteiger partial charge in [-0.3, -0.25) is 0 Å². The monoisotopic (exact) mass is 312 g/mol. The Kier molecular flexibility index (Phi) is 4.47. The van der Waals surface area contributed by atoms with E-state index in [1.807, 2.05) is 6.07 Å². The molecule has 3 N–H and O–H groups in total. The summed E-state index contributed by atoms with van der Waals surface area (Å²) in [5.41, 5.74) is 1.54. The summed E-state index contributed by atoms with van der Waals surface area (Å²) in [5, 5.41) is 22.4. The molecule has 6 nitrogen and oxygen atoms in total. The van der Waals surface area contributed by atoms with E-state index in [2.05, 4.69) is 21.4 Å². The molecular weight excluding hydrogens is 292 g/mol. The number of hydrogen-bond donors (Lipinski definition) is 3. The van der Waals surface area contributed by atoms with Gasteiger partial charge in [0, 0.05) is 30.2 Å². The van der Waals surface area contributed by atoms with Crippen LogP contribution in [0.15, 0.2) is 18.5 Å². The Bertz CT molecular complexity index is 747. The Morgan fingerprint density at radius 1 is 1.52 bits per heavy atom. The van der Waals surface area contributed by atoms with Gasteiger partial charge in [0.15, 0.2) is 0 Å². The second-order valence-electron chi connectivity index (χ2n) is 6.16. The first kappa shape index (κ1) is 15.3. The zero-order chi connectivity index (χ0) is 16.2. The lowest BCUT2D eigenvalue weighted by Crippen LogP contribution is -2.28. The first-order valence-electron chi connectivity index (χ1n) is 8.02. The highest BCUT2D eigenvalue weighted by atomic mass is 16.4. The van der Waals surface area contributed by atoms with E-state index < -0.39 is 5.97 Å². The van der Waals surface area contributed by atoms with Crippen molar-refractivity contribution in [3.05, 3.63) is 24.0 Å². The predicted molar refractivity (Wildman–Crippen MR) is 87.3 cm³/mol. The summed E-state index contributed by atoms with van der Waals surface area (Å²) < 4.78 is 0. The fourth-order valence-electron chi connectivity index (χ4n) is 3.48. The standard InChI is InChI=1S/C17H20N4O2/c18-7-2-4-11-3-1-5-12(9-11)21-15-13-6-8-19-16(13)20-10-14(15)17(22)23/h6,8,10-12H,1-5,9H2,(H,22,23)(H2,19,20,21)/t11-,12+/m1/s1. The molecule has 0 amide bonds. The highest BCUT2D eigenvalue weighted by Crippen LogP contribution is 2.32. The number of carbonyl (C=O) groups is 1. The number of aromatic nitrogens is 2. The highest BCUT2D eigenvalue weighted by molar-refractivity contribution is 6.03. The molecule has 1 fully saturated rings. The van der Waals surface area contributed by atoms with Crippen molar-refractivity contribution in [2.24, 2.45) is 5.92 Å². The van der Waals surface area contributed by atoms with E-state index in [0.717, 1.165) is 37.5 Å². The number of rotatable bonds is 5. The summed E-state index contributed by atoms with van der Waals surface area (Å²) in [4.78, 5) is 18.7. The van der Waals surface area contributed by atoms with Crippen molar-refractivity contribution in [3.63, 3.8) is 0 Å². The van der Waals surface area contributed by atoms with Crippen LogP contribution in [0, 0.1) is 17.2 Å². The SMILES string of the molecule is N#CCC[C@H]1CCC[C@H](Nc2c(C(=O)O)cnc3[nH]ccc23)C1. The van der Waals surface area contributed by atoms with Crippen LogP contribution in [-0.2, 0) is 0 Å². The van der Waals surface area contributed by atoms with Gasteiger partial charge in [0.1, 0.15) is 11.2 Å². The van der Waals surface area contributed by atoms with Crippen molar-refractivity contribution in [2.75, 3.05) is 5.32 Å². The maximum absolute atomic E-state index is 11.5. The average Bonchev–Trinajstić information content (AvgIpc) is 3.02. The number of nitriles is 1. The Hall–Kier alpha value is -2.55. The van der Waals surface area contributed by atoms with Crippen LogP contribution >= 0.6 is 0 Å². The largest absolute Gasteiger partial charge is 0.478 e. The lowest BCUT2D eigenvalue weighted by molar-refractivity contribution is 0.0697. The number of carboxylic acids is 1. The number of nitrogens with zero attached hydrogens (tertiary/aromatic N) is 2.